The van der Waals surface area contributed by atoms with E-state index in [2.05, 4.69) is 4.98 Å². The first-order valence-electron chi connectivity index (χ1n) is 10.2. The minimum absolute atomic E-state index is 0.244. The van der Waals surface area contributed by atoms with Crippen molar-refractivity contribution >= 4 is 23.0 Å². The van der Waals surface area contributed by atoms with Gasteiger partial charge in [0.2, 0.25) is 0 Å². The van der Waals surface area contributed by atoms with E-state index in [4.69, 9.17) is 15.2 Å². The van der Waals surface area contributed by atoms with E-state index in [0.29, 0.717) is 26.0 Å². The summed E-state index contributed by atoms with van der Waals surface area (Å²) in [5, 5.41) is 1.11. The molecule has 0 spiro atoms. The summed E-state index contributed by atoms with van der Waals surface area (Å²) in [5.74, 6) is -0.266. The number of para-hydroxylation sites is 1. The number of carbonyl (C=O) groups excluding carboxylic acids is 2. The van der Waals surface area contributed by atoms with E-state index in [1.54, 1.807) is 11.8 Å². The highest BCUT2D eigenvalue weighted by Crippen LogP contribution is 2.22. The lowest BCUT2D eigenvalue weighted by molar-refractivity contribution is -0.143. The van der Waals surface area contributed by atoms with Crippen LogP contribution in [0.15, 0.2) is 30.5 Å². The summed E-state index contributed by atoms with van der Waals surface area (Å²) in [6.45, 7) is 8.28. The first kappa shape index (κ1) is 22.7. The van der Waals surface area contributed by atoms with E-state index in [9.17, 15) is 9.59 Å². The highest BCUT2D eigenvalue weighted by atomic mass is 16.6. The van der Waals surface area contributed by atoms with Crippen molar-refractivity contribution in [3.05, 3.63) is 36.0 Å². The van der Waals surface area contributed by atoms with E-state index >= 15 is 0 Å². The topological polar surface area (TPSA) is 97.7 Å². The smallest absolute Gasteiger partial charge is 0.410 e. The van der Waals surface area contributed by atoms with Crippen molar-refractivity contribution in [3.8, 4) is 0 Å². The van der Waals surface area contributed by atoms with Gasteiger partial charge in [-0.3, -0.25) is 4.79 Å². The third kappa shape index (κ3) is 6.78. The maximum Gasteiger partial charge on any atom is 0.410 e. The van der Waals surface area contributed by atoms with Crippen LogP contribution in [0, 0.1) is 0 Å². The zero-order valence-corrected chi connectivity index (χ0v) is 17.9. The second-order valence-electron chi connectivity index (χ2n) is 8.04. The van der Waals surface area contributed by atoms with Crippen molar-refractivity contribution in [2.24, 2.45) is 5.73 Å². The quantitative estimate of drug-likeness (QED) is 0.623. The molecule has 0 saturated carbocycles. The van der Waals surface area contributed by atoms with Gasteiger partial charge < -0.3 is 25.1 Å². The van der Waals surface area contributed by atoms with Gasteiger partial charge in [-0.25, -0.2) is 4.79 Å². The molecule has 7 heteroatoms. The van der Waals surface area contributed by atoms with Crippen LogP contribution in [0.25, 0.3) is 10.9 Å². The maximum atomic E-state index is 12.9. The van der Waals surface area contributed by atoms with Crippen molar-refractivity contribution in [2.75, 3.05) is 19.7 Å². The second-order valence-corrected chi connectivity index (χ2v) is 8.04. The van der Waals surface area contributed by atoms with Crippen LogP contribution in [0.1, 0.15) is 46.1 Å². The van der Waals surface area contributed by atoms with E-state index in [1.165, 1.54) is 0 Å². The molecular weight excluding hydrogens is 370 g/mol. The molecule has 0 aliphatic carbocycles. The van der Waals surface area contributed by atoms with Crippen LogP contribution >= 0.6 is 0 Å². The normalized spacial score (nSPS) is 12.6. The fourth-order valence-electron chi connectivity index (χ4n) is 3.25. The Morgan fingerprint density at radius 3 is 2.62 bits per heavy atom. The Kier molecular flexibility index (Phi) is 8.08. The number of hydrogen-bond acceptors (Lipinski definition) is 5. The first-order chi connectivity index (χ1) is 13.7. The Balaban J connectivity index is 2.16. The number of benzene rings is 1. The summed E-state index contributed by atoms with van der Waals surface area (Å²) >= 11 is 0. The summed E-state index contributed by atoms with van der Waals surface area (Å²) in [6, 6.07) is 7.79. The van der Waals surface area contributed by atoms with Crippen LogP contribution in [0.5, 0.6) is 0 Å². The minimum atomic E-state index is -0.615. The fraction of sp³-hybridized carbons (Fsp3) is 0.545. The molecular formula is C22H33N3O4. The van der Waals surface area contributed by atoms with Crippen LogP contribution in [-0.2, 0) is 20.7 Å². The van der Waals surface area contributed by atoms with Crippen molar-refractivity contribution in [1.82, 2.24) is 9.88 Å². The number of H-pyrrole nitrogens is 1. The number of aromatic nitrogens is 1. The van der Waals surface area contributed by atoms with Crippen molar-refractivity contribution < 1.29 is 19.1 Å². The number of esters is 1. The molecule has 1 aromatic heterocycles. The van der Waals surface area contributed by atoms with Crippen LogP contribution in [0.4, 0.5) is 4.79 Å². The number of amides is 1. The van der Waals surface area contributed by atoms with Gasteiger partial charge in [0.25, 0.3) is 0 Å². The highest BCUT2D eigenvalue weighted by molar-refractivity contribution is 5.83. The Labute approximate surface area is 172 Å². The van der Waals surface area contributed by atoms with Gasteiger partial charge in [0.1, 0.15) is 5.60 Å². The summed E-state index contributed by atoms with van der Waals surface area (Å²) in [4.78, 5) is 29.5. The predicted octanol–water partition coefficient (Wildman–Crippen LogP) is 3.62. The zero-order valence-electron chi connectivity index (χ0n) is 17.9. The summed E-state index contributed by atoms with van der Waals surface area (Å²) in [7, 11) is 0. The molecule has 0 aliphatic heterocycles. The van der Waals surface area contributed by atoms with Gasteiger partial charge in [0.15, 0.2) is 0 Å². The van der Waals surface area contributed by atoms with Gasteiger partial charge in [-0.15, -0.1) is 0 Å². The molecule has 0 aliphatic rings. The number of rotatable bonds is 9. The van der Waals surface area contributed by atoms with Crippen molar-refractivity contribution in [3.63, 3.8) is 0 Å². The van der Waals surface area contributed by atoms with Crippen LogP contribution in [-0.4, -0.2) is 53.3 Å². The predicted molar refractivity (Wildman–Crippen MR) is 114 cm³/mol. The molecule has 3 N–H and O–H groups in total. The van der Waals surface area contributed by atoms with Gasteiger partial charge in [-0.05, 0) is 52.2 Å². The number of fused-ring (bicyclic) bond motifs is 1. The fourth-order valence-corrected chi connectivity index (χ4v) is 3.25. The molecule has 7 nitrogen and oxygen atoms in total. The standard InChI is InChI=1S/C22H33N3O4/c1-5-28-20(26)11-8-12-25(21(27)29-22(2,3)4)17(14-23)13-16-15-24-19-10-7-6-9-18(16)19/h6-7,9-10,15,17,24H,5,8,11-14,23H2,1-4H3. The number of aromatic amines is 1. The number of hydrogen-bond donors (Lipinski definition) is 2. The zero-order chi connectivity index (χ0) is 21.4. The van der Waals surface area contributed by atoms with Crippen molar-refractivity contribution in [2.45, 2.75) is 58.6 Å². The lowest BCUT2D eigenvalue weighted by atomic mass is 10.0. The van der Waals surface area contributed by atoms with Crippen LogP contribution in [0.3, 0.4) is 0 Å². The van der Waals surface area contributed by atoms with E-state index in [1.807, 2.05) is 51.2 Å². The Morgan fingerprint density at radius 2 is 1.97 bits per heavy atom. The molecule has 0 radical (unpaired) electrons. The van der Waals surface area contributed by atoms with E-state index < -0.39 is 11.7 Å². The lowest BCUT2D eigenvalue weighted by Crippen LogP contribution is -2.48. The molecule has 1 heterocycles. The molecule has 0 saturated heterocycles. The van der Waals surface area contributed by atoms with Gasteiger partial charge in [0.05, 0.1) is 12.6 Å². The van der Waals surface area contributed by atoms with Gasteiger partial charge in [-0.1, -0.05) is 18.2 Å². The van der Waals surface area contributed by atoms with Gasteiger partial charge in [0, 0.05) is 36.6 Å². The number of nitrogens with zero attached hydrogens (tertiary/aromatic N) is 1. The molecule has 2 rings (SSSR count). The largest absolute Gasteiger partial charge is 0.466 e. The van der Waals surface area contributed by atoms with Crippen LogP contribution < -0.4 is 5.73 Å². The summed E-state index contributed by atoms with van der Waals surface area (Å²) in [5.41, 5.74) is 7.59. The third-order valence-corrected chi connectivity index (χ3v) is 4.56. The van der Waals surface area contributed by atoms with E-state index in [0.717, 1.165) is 16.5 Å². The molecule has 1 atom stereocenters. The SMILES string of the molecule is CCOC(=O)CCCN(C(=O)OC(C)(C)C)C(CN)Cc1c[nH]c2ccccc12. The average molecular weight is 404 g/mol. The monoisotopic (exact) mass is 403 g/mol. The molecule has 0 fully saturated rings. The molecule has 2 aromatic rings. The first-order valence-corrected chi connectivity index (χ1v) is 10.2. The molecule has 160 valence electrons. The summed E-state index contributed by atoms with van der Waals surface area (Å²) < 4.78 is 10.6. The number of carbonyl (C=O) groups is 2. The number of nitrogens with one attached hydrogen (secondary N) is 1. The molecule has 29 heavy (non-hydrogen) atoms. The Morgan fingerprint density at radius 1 is 1.24 bits per heavy atom. The molecule has 0 bridgehead atoms. The molecule has 1 aromatic carbocycles. The lowest BCUT2D eigenvalue weighted by Gasteiger charge is -2.33. The maximum absolute atomic E-state index is 12.9. The van der Waals surface area contributed by atoms with Gasteiger partial charge >= 0.3 is 12.1 Å². The second kappa shape index (κ2) is 10.3. The van der Waals surface area contributed by atoms with E-state index in [-0.39, 0.29) is 25.0 Å². The number of nitrogens with two attached hydrogens (primary N) is 1. The highest BCUT2D eigenvalue weighted by Gasteiger charge is 2.28. The minimum Gasteiger partial charge on any atom is -0.466 e. The van der Waals surface area contributed by atoms with Crippen molar-refractivity contribution in [1.29, 1.82) is 0 Å². The molecule has 1 amide bonds. The summed E-state index contributed by atoms with van der Waals surface area (Å²) in [6.07, 6.45) is 2.87. The number of ether oxygens (including phenoxy) is 2. The third-order valence-electron chi connectivity index (χ3n) is 4.56. The van der Waals surface area contributed by atoms with Crippen LogP contribution in [0.2, 0.25) is 0 Å². The Hall–Kier alpha value is -2.54. The van der Waals surface area contributed by atoms with Gasteiger partial charge in [-0.2, -0.15) is 0 Å². The Bertz CT molecular complexity index is 810. The average Bonchev–Trinajstić information content (AvgIpc) is 3.05. The molecule has 1 unspecified atom stereocenters.